The van der Waals surface area contributed by atoms with Crippen molar-refractivity contribution in [1.82, 2.24) is 15.5 Å². The SMILES string of the molecule is CC1CCNC1C(=O)N(C)CC(=O)NCC(F)(F)F. The molecule has 2 atom stereocenters. The molecule has 1 fully saturated rings. The van der Waals surface area contributed by atoms with Gasteiger partial charge in [-0.05, 0) is 18.9 Å². The van der Waals surface area contributed by atoms with E-state index in [0.717, 1.165) is 17.9 Å². The van der Waals surface area contributed by atoms with Gasteiger partial charge >= 0.3 is 6.18 Å². The van der Waals surface area contributed by atoms with Gasteiger partial charge in [0.25, 0.3) is 0 Å². The first kappa shape index (κ1) is 15.7. The predicted octanol–water partition coefficient (Wildman–Crippen LogP) is 0.121. The van der Waals surface area contributed by atoms with Crippen LogP contribution in [0, 0.1) is 5.92 Å². The average Bonchev–Trinajstić information content (AvgIpc) is 2.71. The van der Waals surface area contributed by atoms with Gasteiger partial charge in [-0.15, -0.1) is 0 Å². The number of nitrogens with zero attached hydrogens (tertiary/aromatic N) is 1. The zero-order chi connectivity index (χ0) is 14.6. The molecule has 2 N–H and O–H groups in total. The monoisotopic (exact) mass is 281 g/mol. The van der Waals surface area contributed by atoms with E-state index in [1.807, 2.05) is 6.92 Å². The van der Waals surface area contributed by atoms with E-state index in [4.69, 9.17) is 0 Å². The van der Waals surface area contributed by atoms with Crippen molar-refractivity contribution >= 4 is 11.8 Å². The normalized spacial score (nSPS) is 23.2. The van der Waals surface area contributed by atoms with Crippen LogP contribution in [-0.2, 0) is 9.59 Å². The summed E-state index contributed by atoms with van der Waals surface area (Å²) in [5.74, 6) is -0.931. The average molecular weight is 281 g/mol. The number of hydrogen-bond acceptors (Lipinski definition) is 3. The molecule has 0 aliphatic carbocycles. The third-order valence-corrected chi connectivity index (χ3v) is 3.04. The second kappa shape index (κ2) is 6.23. The van der Waals surface area contributed by atoms with Crippen LogP contribution in [0.15, 0.2) is 0 Å². The molecular formula is C11H18F3N3O2. The van der Waals surface area contributed by atoms with E-state index in [1.54, 1.807) is 5.32 Å². The molecule has 19 heavy (non-hydrogen) atoms. The van der Waals surface area contributed by atoms with Crippen LogP contribution in [0.25, 0.3) is 0 Å². The maximum Gasteiger partial charge on any atom is 0.405 e. The highest BCUT2D eigenvalue weighted by Crippen LogP contribution is 2.16. The van der Waals surface area contributed by atoms with Crippen molar-refractivity contribution in [2.45, 2.75) is 25.6 Å². The highest BCUT2D eigenvalue weighted by molar-refractivity contribution is 5.87. The highest BCUT2D eigenvalue weighted by Gasteiger charge is 2.32. The van der Waals surface area contributed by atoms with E-state index in [9.17, 15) is 22.8 Å². The van der Waals surface area contributed by atoms with E-state index >= 15 is 0 Å². The summed E-state index contributed by atoms with van der Waals surface area (Å²) in [6.07, 6.45) is -3.58. The van der Waals surface area contributed by atoms with Crippen LogP contribution >= 0.6 is 0 Å². The molecule has 1 rings (SSSR count). The van der Waals surface area contributed by atoms with Gasteiger partial charge < -0.3 is 15.5 Å². The number of rotatable bonds is 4. The van der Waals surface area contributed by atoms with Gasteiger partial charge in [0.1, 0.15) is 6.54 Å². The number of likely N-dealkylation sites (N-methyl/N-ethyl adjacent to an activating group) is 1. The van der Waals surface area contributed by atoms with Gasteiger partial charge in [0, 0.05) is 7.05 Å². The lowest BCUT2D eigenvalue weighted by Gasteiger charge is -2.23. The zero-order valence-corrected chi connectivity index (χ0v) is 10.9. The van der Waals surface area contributed by atoms with Crippen molar-refractivity contribution in [3.05, 3.63) is 0 Å². The van der Waals surface area contributed by atoms with Gasteiger partial charge in [0.2, 0.25) is 11.8 Å². The minimum absolute atomic E-state index is 0.160. The summed E-state index contributed by atoms with van der Waals surface area (Å²) in [5.41, 5.74) is 0. The van der Waals surface area contributed by atoms with E-state index in [2.05, 4.69) is 5.32 Å². The van der Waals surface area contributed by atoms with Gasteiger partial charge in [-0.25, -0.2) is 0 Å². The number of hydrogen-bond donors (Lipinski definition) is 2. The Kier molecular flexibility index (Phi) is 5.16. The lowest BCUT2D eigenvalue weighted by atomic mass is 10.0. The summed E-state index contributed by atoms with van der Waals surface area (Å²) in [7, 11) is 1.40. The topological polar surface area (TPSA) is 61.4 Å². The molecular weight excluding hydrogens is 263 g/mol. The molecule has 0 spiro atoms. The maximum atomic E-state index is 12.0. The summed E-state index contributed by atoms with van der Waals surface area (Å²) in [4.78, 5) is 24.4. The van der Waals surface area contributed by atoms with Crippen LogP contribution in [0.2, 0.25) is 0 Å². The molecule has 1 aliphatic rings. The molecule has 1 aliphatic heterocycles. The quantitative estimate of drug-likeness (QED) is 0.769. The fraction of sp³-hybridized carbons (Fsp3) is 0.818. The van der Waals surface area contributed by atoms with Crippen LogP contribution < -0.4 is 10.6 Å². The molecule has 2 amide bonds. The Morgan fingerprint density at radius 3 is 2.53 bits per heavy atom. The molecule has 0 aromatic carbocycles. The Labute approximate surface area is 109 Å². The first-order chi connectivity index (χ1) is 8.70. The molecule has 0 radical (unpaired) electrons. The van der Waals surface area contributed by atoms with Crippen LogP contribution in [-0.4, -0.2) is 55.6 Å². The van der Waals surface area contributed by atoms with Crippen molar-refractivity contribution in [2.75, 3.05) is 26.7 Å². The van der Waals surface area contributed by atoms with Gasteiger partial charge in [-0.2, -0.15) is 13.2 Å². The van der Waals surface area contributed by atoms with Crippen molar-refractivity contribution in [3.8, 4) is 0 Å². The van der Waals surface area contributed by atoms with Gasteiger partial charge in [0.15, 0.2) is 0 Å². The fourth-order valence-corrected chi connectivity index (χ4v) is 1.95. The Morgan fingerprint density at radius 2 is 2.05 bits per heavy atom. The van der Waals surface area contributed by atoms with Crippen LogP contribution in [0.1, 0.15) is 13.3 Å². The Morgan fingerprint density at radius 1 is 1.42 bits per heavy atom. The smallest absolute Gasteiger partial charge is 0.345 e. The first-order valence-corrected chi connectivity index (χ1v) is 6.02. The number of carbonyl (C=O) groups is 2. The second-order valence-corrected chi connectivity index (χ2v) is 4.78. The lowest BCUT2D eigenvalue weighted by molar-refractivity contribution is -0.142. The predicted molar refractivity (Wildman–Crippen MR) is 62.3 cm³/mol. The minimum atomic E-state index is -4.44. The lowest BCUT2D eigenvalue weighted by Crippen LogP contribution is -2.48. The first-order valence-electron chi connectivity index (χ1n) is 6.02. The van der Waals surface area contributed by atoms with Crippen molar-refractivity contribution in [3.63, 3.8) is 0 Å². The molecule has 1 saturated heterocycles. The number of carbonyl (C=O) groups excluding carboxylic acids is 2. The van der Waals surface area contributed by atoms with Crippen LogP contribution in [0.4, 0.5) is 13.2 Å². The molecule has 110 valence electrons. The summed E-state index contributed by atoms with van der Waals surface area (Å²) in [6, 6.07) is -0.361. The molecule has 0 aromatic rings. The van der Waals surface area contributed by atoms with Crippen molar-refractivity contribution in [2.24, 2.45) is 5.92 Å². The Balaban J connectivity index is 2.39. The number of alkyl halides is 3. The maximum absolute atomic E-state index is 12.0. The van der Waals surface area contributed by atoms with Gasteiger partial charge in [0.05, 0.1) is 12.6 Å². The molecule has 2 unspecified atom stereocenters. The minimum Gasteiger partial charge on any atom is -0.345 e. The number of halogens is 3. The summed E-state index contributed by atoms with van der Waals surface area (Å²) in [6.45, 7) is 0.886. The number of amides is 2. The molecule has 5 nitrogen and oxygen atoms in total. The Bertz CT molecular complexity index is 347. The highest BCUT2D eigenvalue weighted by atomic mass is 19.4. The molecule has 0 saturated carbocycles. The van der Waals surface area contributed by atoms with Crippen molar-refractivity contribution in [1.29, 1.82) is 0 Å². The number of nitrogens with one attached hydrogen (secondary N) is 2. The van der Waals surface area contributed by atoms with Crippen molar-refractivity contribution < 1.29 is 22.8 Å². The molecule has 1 heterocycles. The van der Waals surface area contributed by atoms with Crippen LogP contribution in [0.5, 0.6) is 0 Å². The largest absolute Gasteiger partial charge is 0.405 e. The van der Waals surface area contributed by atoms with E-state index in [0.29, 0.717) is 0 Å². The van der Waals surface area contributed by atoms with E-state index < -0.39 is 18.6 Å². The molecule has 0 aromatic heterocycles. The summed E-state index contributed by atoms with van der Waals surface area (Å²) >= 11 is 0. The third kappa shape index (κ3) is 5.06. The standard InChI is InChI=1S/C11H18F3N3O2/c1-7-3-4-15-9(7)10(19)17(2)5-8(18)16-6-11(12,13)14/h7,9,15H,3-6H2,1-2H3,(H,16,18). The third-order valence-electron chi connectivity index (χ3n) is 3.04. The van der Waals surface area contributed by atoms with E-state index in [-0.39, 0.29) is 24.4 Å². The second-order valence-electron chi connectivity index (χ2n) is 4.78. The van der Waals surface area contributed by atoms with Crippen LogP contribution in [0.3, 0.4) is 0 Å². The zero-order valence-electron chi connectivity index (χ0n) is 10.9. The Hall–Kier alpha value is -1.31. The summed E-state index contributed by atoms with van der Waals surface area (Å²) in [5, 5.41) is 4.75. The van der Waals surface area contributed by atoms with Gasteiger partial charge in [-0.1, -0.05) is 6.92 Å². The molecule has 0 bridgehead atoms. The fourth-order valence-electron chi connectivity index (χ4n) is 1.95. The van der Waals surface area contributed by atoms with E-state index in [1.165, 1.54) is 7.05 Å². The van der Waals surface area contributed by atoms with Gasteiger partial charge in [-0.3, -0.25) is 9.59 Å². The molecule has 8 heteroatoms. The summed E-state index contributed by atoms with van der Waals surface area (Å²) < 4.78 is 35.7.